The fourth-order valence-electron chi connectivity index (χ4n) is 1.82. The van der Waals surface area contributed by atoms with E-state index in [-0.39, 0.29) is 19.5 Å². The summed E-state index contributed by atoms with van der Waals surface area (Å²) in [5.74, 6) is 0. The van der Waals surface area contributed by atoms with Crippen molar-refractivity contribution in [3.63, 3.8) is 0 Å². The van der Waals surface area contributed by atoms with Gasteiger partial charge in [-0.1, -0.05) is 43.4 Å². The van der Waals surface area contributed by atoms with Gasteiger partial charge in [0.1, 0.15) is 6.10 Å². The van der Waals surface area contributed by atoms with Crippen LogP contribution in [0.2, 0.25) is 0 Å². The Morgan fingerprint density at radius 3 is 2.41 bits per heavy atom. The van der Waals surface area contributed by atoms with E-state index in [1.165, 1.54) is 0 Å². The zero-order valence-corrected chi connectivity index (χ0v) is 13.7. The molecule has 22 heavy (non-hydrogen) atoms. The van der Waals surface area contributed by atoms with Crippen molar-refractivity contribution in [1.82, 2.24) is 0 Å². The van der Waals surface area contributed by atoms with Crippen molar-refractivity contribution >= 4 is 7.82 Å². The first-order chi connectivity index (χ1) is 10.5. The third kappa shape index (κ3) is 10.1. The summed E-state index contributed by atoms with van der Waals surface area (Å²) in [6.07, 6.45) is 15.2. The minimum atomic E-state index is -4.44. The first-order valence-electron chi connectivity index (χ1n) is 7.43. The summed E-state index contributed by atoms with van der Waals surface area (Å²) in [4.78, 5) is 17.2. The van der Waals surface area contributed by atoms with E-state index in [2.05, 4.69) is 35.8 Å². The Morgan fingerprint density at radius 2 is 1.77 bits per heavy atom. The molecule has 6 nitrogen and oxygen atoms in total. The molecule has 2 N–H and O–H groups in total. The lowest BCUT2D eigenvalue weighted by atomic mass is 10.2. The maximum Gasteiger partial charge on any atom is 0.469 e. The lowest BCUT2D eigenvalue weighted by Crippen LogP contribution is -2.18. The van der Waals surface area contributed by atoms with E-state index >= 15 is 0 Å². The fourth-order valence-corrected chi connectivity index (χ4v) is 2.18. The monoisotopic (exact) mass is 332 g/mol. The van der Waals surface area contributed by atoms with E-state index in [1.54, 1.807) is 0 Å². The summed E-state index contributed by atoms with van der Waals surface area (Å²) >= 11 is 0. The van der Waals surface area contributed by atoms with Gasteiger partial charge in [0.15, 0.2) is 6.29 Å². The van der Waals surface area contributed by atoms with Crippen molar-refractivity contribution in [1.29, 1.82) is 0 Å². The highest BCUT2D eigenvalue weighted by Crippen LogP contribution is 2.36. The Balaban J connectivity index is 2.09. The molecule has 1 saturated heterocycles. The maximum absolute atomic E-state index is 10.6. The number of rotatable bonds is 10. The second kappa shape index (κ2) is 10.9. The third-order valence-electron chi connectivity index (χ3n) is 2.85. The standard InChI is InChI=1S/C15H25O6P/c1-2-3-4-5-6-7-8-9-10-11-15-19-12-14(21-15)13-20-22(16,17)18/h3-4,6-7,9-10,14-15H,2,5,8,11-13H2,1H3,(H2,16,17,18). The molecule has 0 aromatic rings. The highest BCUT2D eigenvalue weighted by Gasteiger charge is 2.27. The highest BCUT2D eigenvalue weighted by molar-refractivity contribution is 7.46. The average molecular weight is 332 g/mol. The summed E-state index contributed by atoms with van der Waals surface area (Å²) in [6, 6.07) is 0. The van der Waals surface area contributed by atoms with Crippen LogP contribution < -0.4 is 0 Å². The Kier molecular flexibility index (Phi) is 9.55. The summed E-state index contributed by atoms with van der Waals surface area (Å²) in [5.41, 5.74) is 0. The average Bonchev–Trinajstić information content (AvgIpc) is 2.91. The van der Waals surface area contributed by atoms with Crippen LogP contribution >= 0.6 is 7.82 Å². The predicted molar refractivity (Wildman–Crippen MR) is 84.2 cm³/mol. The van der Waals surface area contributed by atoms with Gasteiger partial charge in [-0.3, -0.25) is 4.52 Å². The SMILES string of the molecule is CCC=CCC=CCC=CCC1OCC(COP(=O)(O)O)O1. The zero-order valence-electron chi connectivity index (χ0n) is 12.8. The highest BCUT2D eigenvalue weighted by atomic mass is 31.2. The van der Waals surface area contributed by atoms with Gasteiger partial charge in [0, 0.05) is 6.42 Å². The van der Waals surface area contributed by atoms with E-state index in [4.69, 9.17) is 19.3 Å². The molecule has 1 aliphatic rings. The molecule has 1 aliphatic heterocycles. The smallest absolute Gasteiger partial charge is 0.350 e. The van der Waals surface area contributed by atoms with Gasteiger partial charge >= 0.3 is 7.82 Å². The van der Waals surface area contributed by atoms with Gasteiger partial charge in [-0.15, -0.1) is 0 Å². The number of hydrogen-bond donors (Lipinski definition) is 2. The Labute approximate surface area is 131 Å². The molecule has 0 aromatic heterocycles. The van der Waals surface area contributed by atoms with Crippen LogP contribution in [0.1, 0.15) is 32.6 Å². The molecule has 0 radical (unpaired) electrons. The van der Waals surface area contributed by atoms with Crippen molar-refractivity contribution in [2.45, 2.75) is 45.0 Å². The van der Waals surface area contributed by atoms with Gasteiger partial charge in [0.25, 0.3) is 0 Å². The number of phosphoric ester groups is 1. The van der Waals surface area contributed by atoms with Gasteiger partial charge in [-0.05, 0) is 19.3 Å². The summed E-state index contributed by atoms with van der Waals surface area (Å²) < 4.78 is 25.8. The molecule has 0 aromatic carbocycles. The molecule has 2 atom stereocenters. The van der Waals surface area contributed by atoms with Gasteiger partial charge in [-0.2, -0.15) is 0 Å². The Hall–Kier alpha value is -0.750. The molecule has 0 spiro atoms. The number of allylic oxidation sites excluding steroid dienone is 5. The van der Waals surface area contributed by atoms with E-state index in [9.17, 15) is 4.57 Å². The zero-order chi connectivity index (χ0) is 16.3. The normalized spacial score (nSPS) is 23.4. The lowest BCUT2D eigenvalue weighted by molar-refractivity contribution is -0.0612. The first kappa shape index (κ1) is 19.3. The van der Waals surface area contributed by atoms with Crippen molar-refractivity contribution in [2.75, 3.05) is 13.2 Å². The lowest BCUT2D eigenvalue weighted by Gasteiger charge is -2.10. The molecule has 126 valence electrons. The van der Waals surface area contributed by atoms with E-state index < -0.39 is 13.9 Å². The fraction of sp³-hybridized carbons (Fsp3) is 0.600. The van der Waals surface area contributed by atoms with Crippen molar-refractivity contribution in [3.8, 4) is 0 Å². The van der Waals surface area contributed by atoms with E-state index in [0.717, 1.165) is 19.3 Å². The molecule has 2 unspecified atom stereocenters. The van der Waals surface area contributed by atoms with Crippen LogP contribution in [-0.2, 0) is 18.6 Å². The molecule has 0 bridgehead atoms. The molecular weight excluding hydrogens is 307 g/mol. The maximum atomic E-state index is 10.6. The van der Waals surface area contributed by atoms with Crippen LogP contribution in [0.15, 0.2) is 36.5 Å². The summed E-state index contributed by atoms with van der Waals surface area (Å²) in [7, 11) is -4.44. The molecule has 1 heterocycles. The van der Waals surface area contributed by atoms with Crippen LogP contribution in [0, 0.1) is 0 Å². The van der Waals surface area contributed by atoms with Crippen molar-refractivity contribution in [3.05, 3.63) is 36.5 Å². The van der Waals surface area contributed by atoms with Crippen LogP contribution in [0.3, 0.4) is 0 Å². The molecule has 0 aliphatic carbocycles. The van der Waals surface area contributed by atoms with E-state index in [1.807, 2.05) is 12.2 Å². The number of hydrogen-bond acceptors (Lipinski definition) is 4. The molecule has 7 heteroatoms. The molecular formula is C15H25O6P. The molecule has 1 rings (SSSR count). The minimum Gasteiger partial charge on any atom is -0.350 e. The topological polar surface area (TPSA) is 85.2 Å². The summed E-state index contributed by atoms with van der Waals surface area (Å²) in [6.45, 7) is 2.22. The number of ether oxygens (including phenoxy) is 2. The third-order valence-corrected chi connectivity index (χ3v) is 3.33. The van der Waals surface area contributed by atoms with Gasteiger partial charge < -0.3 is 19.3 Å². The van der Waals surface area contributed by atoms with Crippen LogP contribution in [0.4, 0.5) is 0 Å². The predicted octanol–water partition coefficient (Wildman–Crippen LogP) is 3.09. The van der Waals surface area contributed by atoms with Crippen LogP contribution in [0.5, 0.6) is 0 Å². The Morgan fingerprint density at radius 1 is 1.14 bits per heavy atom. The molecule has 1 fully saturated rings. The second-order valence-corrected chi connectivity index (χ2v) is 6.08. The minimum absolute atomic E-state index is 0.168. The first-order valence-corrected chi connectivity index (χ1v) is 8.96. The van der Waals surface area contributed by atoms with Gasteiger partial charge in [0.05, 0.1) is 13.2 Å². The van der Waals surface area contributed by atoms with Gasteiger partial charge in [-0.25, -0.2) is 4.57 Å². The molecule has 0 amide bonds. The largest absolute Gasteiger partial charge is 0.469 e. The van der Waals surface area contributed by atoms with Crippen molar-refractivity contribution in [2.24, 2.45) is 0 Å². The summed E-state index contributed by atoms with van der Waals surface area (Å²) in [5, 5.41) is 0. The van der Waals surface area contributed by atoms with Crippen LogP contribution in [0.25, 0.3) is 0 Å². The number of phosphoric acid groups is 1. The van der Waals surface area contributed by atoms with Gasteiger partial charge in [0.2, 0.25) is 0 Å². The Bertz CT molecular complexity index is 426. The quantitative estimate of drug-likeness (QED) is 0.472. The van der Waals surface area contributed by atoms with Crippen LogP contribution in [-0.4, -0.2) is 35.4 Å². The van der Waals surface area contributed by atoms with Crippen molar-refractivity contribution < 1.29 is 28.3 Å². The van der Waals surface area contributed by atoms with E-state index in [0.29, 0.717) is 6.42 Å². The molecule has 0 saturated carbocycles. The second-order valence-electron chi connectivity index (χ2n) is 4.84.